The molecule has 0 saturated heterocycles. The van der Waals surface area contributed by atoms with Gasteiger partial charge in [-0.1, -0.05) is 40.6 Å². The van der Waals surface area contributed by atoms with Gasteiger partial charge in [0.25, 0.3) is 0 Å². The van der Waals surface area contributed by atoms with Gasteiger partial charge in [0, 0.05) is 28.6 Å². The van der Waals surface area contributed by atoms with Gasteiger partial charge >= 0.3 is 0 Å². The van der Waals surface area contributed by atoms with E-state index in [9.17, 15) is 4.79 Å². The van der Waals surface area contributed by atoms with Crippen LogP contribution in [0, 0.1) is 0 Å². The highest BCUT2D eigenvalue weighted by atomic mass is 35.5. The molecule has 1 heterocycles. The minimum absolute atomic E-state index is 0. The van der Waals surface area contributed by atoms with Gasteiger partial charge in [-0.3, -0.25) is 9.69 Å². The summed E-state index contributed by atoms with van der Waals surface area (Å²) < 4.78 is 0.994. The Kier molecular flexibility index (Phi) is 10.2. The number of hydrogen-bond donors (Lipinski definition) is 0. The van der Waals surface area contributed by atoms with E-state index in [2.05, 4.69) is 9.88 Å². The molecule has 162 valence electrons. The number of thiazole rings is 1. The lowest BCUT2D eigenvalue weighted by Gasteiger charge is -2.21. The van der Waals surface area contributed by atoms with Crippen molar-refractivity contribution in [2.75, 3.05) is 37.8 Å². The average molecular weight is 505 g/mol. The molecule has 0 aliphatic heterocycles. The molecule has 9 heteroatoms. The molecule has 0 fully saturated rings. The summed E-state index contributed by atoms with van der Waals surface area (Å²) in [6, 6.07) is 13.4. The summed E-state index contributed by atoms with van der Waals surface area (Å²) in [5.74, 6) is 0.788. The normalized spacial score (nSPS) is 11.0. The number of carbonyl (C=O) groups excluding carboxylic acids is 1. The predicted octanol–water partition coefficient (Wildman–Crippen LogP) is 6.49. The molecule has 0 atom stereocenters. The summed E-state index contributed by atoms with van der Waals surface area (Å²) in [5, 5.41) is 2.05. The van der Waals surface area contributed by atoms with Gasteiger partial charge in [-0.2, -0.15) is 0 Å². The molecule has 0 saturated carbocycles. The second-order valence-corrected chi connectivity index (χ2v) is 9.86. The van der Waals surface area contributed by atoms with Crippen LogP contribution in [0.25, 0.3) is 10.2 Å². The molecule has 3 rings (SSSR count). The van der Waals surface area contributed by atoms with Crippen LogP contribution in [0.2, 0.25) is 10.0 Å². The Balaban J connectivity index is 0.00000320. The van der Waals surface area contributed by atoms with E-state index in [-0.39, 0.29) is 18.3 Å². The Labute approximate surface area is 202 Å². The second-order valence-electron chi connectivity index (χ2n) is 6.84. The Morgan fingerprint density at radius 2 is 1.83 bits per heavy atom. The number of thioether (sulfide) groups is 1. The molecule has 0 radical (unpaired) electrons. The number of aromatic nitrogens is 1. The molecule has 4 nitrogen and oxygen atoms in total. The first-order valence-corrected chi connectivity index (χ1v) is 11.9. The van der Waals surface area contributed by atoms with Crippen molar-refractivity contribution in [1.29, 1.82) is 0 Å². The maximum atomic E-state index is 13.0. The number of rotatable bonds is 9. The first-order chi connectivity index (χ1) is 13.9. The Morgan fingerprint density at radius 1 is 1.10 bits per heavy atom. The Morgan fingerprint density at radius 3 is 2.50 bits per heavy atom. The van der Waals surface area contributed by atoms with Gasteiger partial charge in [-0.05, 0) is 63.5 Å². The van der Waals surface area contributed by atoms with E-state index >= 15 is 0 Å². The molecule has 2 aromatic carbocycles. The zero-order valence-electron chi connectivity index (χ0n) is 16.8. The van der Waals surface area contributed by atoms with Gasteiger partial charge in [-0.25, -0.2) is 4.98 Å². The zero-order chi connectivity index (χ0) is 20.8. The fourth-order valence-electron chi connectivity index (χ4n) is 2.81. The van der Waals surface area contributed by atoms with Crippen LogP contribution in [0.4, 0.5) is 5.13 Å². The number of fused-ring (bicyclic) bond motifs is 1. The number of hydrogen-bond acceptors (Lipinski definition) is 5. The van der Waals surface area contributed by atoms with Gasteiger partial charge < -0.3 is 4.90 Å². The van der Waals surface area contributed by atoms with Gasteiger partial charge in [0.15, 0.2) is 5.13 Å². The standard InChI is InChI=1S/C21H23Cl2N3OS2.ClH/c1-25(2)12-4-13-26(21-24-20-17(23)5-3-6-18(20)29-21)19(27)11-14-28-16-9-7-15(22)8-10-16;/h3,5-10H,4,11-14H2,1-2H3;1H. The highest BCUT2D eigenvalue weighted by molar-refractivity contribution is 7.99. The molecule has 0 aliphatic carbocycles. The van der Waals surface area contributed by atoms with Gasteiger partial charge in [0.2, 0.25) is 5.91 Å². The molecule has 0 spiro atoms. The summed E-state index contributed by atoms with van der Waals surface area (Å²) >= 11 is 15.4. The molecule has 1 aromatic heterocycles. The molecule has 30 heavy (non-hydrogen) atoms. The quantitative estimate of drug-likeness (QED) is 0.312. The maximum absolute atomic E-state index is 13.0. The molecule has 3 aromatic rings. The van der Waals surface area contributed by atoms with Crippen LogP contribution in [-0.2, 0) is 4.79 Å². The van der Waals surface area contributed by atoms with Gasteiger partial charge in [0.1, 0.15) is 5.52 Å². The van der Waals surface area contributed by atoms with E-state index in [0.29, 0.717) is 33.9 Å². The second kappa shape index (κ2) is 12.1. The lowest BCUT2D eigenvalue weighted by Crippen LogP contribution is -2.33. The molecule has 0 bridgehead atoms. The summed E-state index contributed by atoms with van der Waals surface area (Å²) in [7, 11) is 4.07. The average Bonchev–Trinajstić information content (AvgIpc) is 3.12. The van der Waals surface area contributed by atoms with Crippen molar-refractivity contribution >= 4 is 80.0 Å². The lowest BCUT2D eigenvalue weighted by atomic mass is 10.3. The van der Waals surface area contributed by atoms with Crippen LogP contribution in [-0.4, -0.2) is 48.7 Å². The molecule has 0 unspecified atom stereocenters. The highest BCUT2D eigenvalue weighted by Crippen LogP contribution is 2.33. The minimum Gasteiger partial charge on any atom is -0.309 e. The van der Waals surface area contributed by atoms with Gasteiger partial charge in [0.05, 0.1) is 9.72 Å². The number of halogens is 3. The van der Waals surface area contributed by atoms with Gasteiger partial charge in [-0.15, -0.1) is 24.2 Å². The summed E-state index contributed by atoms with van der Waals surface area (Å²) in [6.07, 6.45) is 1.33. The maximum Gasteiger partial charge on any atom is 0.229 e. The van der Waals surface area contributed by atoms with E-state index < -0.39 is 0 Å². The monoisotopic (exact) mass is 503 g/mol. The van der Waals surface area contributed by atoms with E-state index in [1.165, 1.54) is 11.3 Å². The topological polar surface area (TPSA) is 36.4 Å². The largest absolute Gasteiger partial charge is 0.309 e. The fourth-order valence-corrected chi connectivity index (χ4v) is 5.09. The van der Waals surface area contributed by atoms with Crippen LogP contribution in [0.1, 0.15) is 12.8 Å². The molecule has 1 amide bonds. The molecular weight excluding hydrogens is 481 g/mol. The first-order valence-electron chi connectivity index (χ1n) is 9.32. The zero-order valence-corrected chi connectivity index (χ0v) is 20.8. The van der Waals surface area contributed by atoms with Crippen molar-refractivity contribution in [2.24, 2.45) is 0 Å². The Bertz CT molecular complexity index is 964. The lowest BCUT2D eigenvalue weighted by molar-refractivity contribution is -0.118. The Hall–Kier alpha value is -1.02. The smallest absolute Gasteiger partial charge is 0.229 e. The number of para-hydroxylation sites is 1. The van der Waals surface area contributed by atoms with Crippen molar-refractivity contribution in [3.63, 3.8) is 0 Å². The molecule has 0 N–H and O–H groups in total. The van der Waals surface area contributed by atoms with Crippen molar-refractivity contribution in [2.45, 2.75) is 17.7 Å². The van der Waals surface area contributed by atoms with Crippen LogP contribution >= 0.6 is 58.7 Å². The van der Waals surface area contributed by atoms with Crippen LogP contribution in [0.5, 0.6) is 0 Å². The highest BCUT2D eigenvalue weighted by Gasteiger charge is 2.20. The summed E-state index contributed by atoms with van der Waals surface area (Å²) in [6.45, 7) is 1.55. The van der Waals surface area contributed by atoms with Crippen molar-refractivity contribution in [1.82, 2.24) is 9.88 Å². The van der Waals surface area contributed by atoms with Crippen molar-refractivity contribution in [3.8, 4) is 0 Å². The third-order valence-electron chi connectivity index (χ3n) is 4.28. The van der Waals surface area contributed by atoms with E-state index in [1.807, 2.05) is 61.5 Å². The van der Waals surface area contributed by atoms with Crippen LogP contribution in [0.3, 0.4) is 0 Å². The SMILES string of the molecule is CN(C)CCCN(C(=O)CCSc1ccc(Cl)cc1)c1nc2c(Cl)cccc2s1.Cl. The van der Waals surface area contributed by atoms with E-state index in [4.69, 9.17) is 23.2 Å². The van der Waals surface area contributed by atoms with Crippen molar-refractivity contribution < 1.29 is 4.79 Å². The predicted molar refractivity (Wildman–Crippen MR) is 134 cm³/mol. The number of amides is 1. The third kappa shape index (κ3) is 7.01. The molecule has 0 aliphatic rings. The van der Waals surface area contributed by atoms with Crippen LogP contribution < -0.4 is 4.90 Å². The number of anilines is 1. The summed E-state index contributed by atoms with van der Waals surface area (Å²) in [5.41, 5.74) is 0.759. The molecular formula is C21H24Cl3N3OS2. The first kappa shape index (κ1) is 25.2. The summed E-state index contributed by atoms with van der Waals surface area (Å²) in [4.78, 5) is 22.7. The van der Waals surface area contributed by atoms with Crippen LogP contribution in [0.15, 0.2) is 47.4 Å². The fraction of sp³-hybridized carbons (Fsp3) is 0.333. The van der Waals surface area contributed by atoms with E-state index in [1.54, 1.807) is 11.8 Å². The number of benzene rings is 2. The number of carbonyl (C=O) groups is 1. The number of nitrogens with zero attached hydrogens (tertiary/aromatic N) is 3. The minimum atomic E-state index is 0. The van der Waals surface area contributed by atoms with Crippen molar-refractivity contribution in [3.05, 3.63) is 52.5 Å². The van der Waals surface area contributed by atoms with E-state index in [0.717, 1.165) is 28.1 Å². The third-order valence-corrected chi connectivity index (χ3v) is 6.89.